The Bertz CT molecular complexity index is 684. The molecule has 1 aliphatic heterocycles. The van der Waals surface area contributed by atoms with Gasteiger partial charge in [-0.3, -0.25) is 4.79 Å². The van der Waals surface area contributed by atoms with Crippen molar-refractivity contribution < 1.29 is 4.79 Å². The average molecular weight is 295 g/mol. The first-order valence-electron chi connectivity index (χ1n) is 7.52. The highest BCUT2D eigenvalue weighted by Crippen LogP contribution is 2.28. The van der Waals surface area contributed by atoms with Gasteiger partial charge in [-0.05, 0) is 30.2 Å². The van der Waals surface area contributed by atoms with Gasteiger partial charge in [0.1, 0.15) is 0 Å². The second kappa shape index (κ2) is 5.81. The van der Waals surface area contributed by atoms with E-state index in [0.717, 1.165) is 5.56 Å². The number of likely N-dealkylation sites (tertiary alicyclic amines) is 1. The quantitative estimate of drug-likeness (QED) is 0.834. The highest BCUT2D eigenvalue weighted by atomic mass is 16.2. The predicted octanol–water partition coefficient (Wildman–Crippen LogP) is 2.14. The number of hydrogen-bond acceptors (Lipinski definition) is 3. The molecule has 4 nitrogen and oxygen atoms in total. The van der Waals surface area contributed by atoms with E-state index < -0.39 is 0 Å². The summed E-state index contributed by atoms with van der Waals surface area (Å²) in [5.41, 5.74) is 15.5. The van der Waals surface area contributed by atoms with Crippen LogP contribution in [0.5, 0.6) is 0 Å². The first kappa shape index (κ1) is 14.6. The number of nitrogen functional groups attached to an aromatic ring is 1. The summed E-state index contributed by atoms with van der Waals surface area (Å²) >= 11 is 0. The van der Waals surface area contributed by atoms with Gasteiger partial charge in [-0.2, -0.15) is 0 Å². The Morgan fingerprint density at radius 2 is 1.86 bits per heavy atom. The van der Waals surface area contributed by atoms with Gasteiger partial charge in [0, 0.05) is 36.3 Å². The van der Waals surface area contributed by atoms with Crippen molar-refractivity contribution >= 4 is 11.6 Å². The largest absolute Gasteiger partial charge is 0.399 e. The maximum Gasteiger partial charge on any atom is 0.254 e. The molecule has 1 saturated heterocycles. The fourth-order valence-corrected chi connectivity index (χ4v) is 3.09. The van der Waals surface area contributed by atoms with Gasteiger partial charge in [0.25, 0.3) is 5.91 Å². The van der Waals surface area contributed by atoms with Gasteiger partial charge >= 0.3 is 0 Å². The summed E-state index contributed by atoms with van der Waals surface area (Å²) in [5, 5.41) is 0. The predicted molar refractivity (Wildman–Crippen MR) is 88.7 cm³/mol. The van der Waals surface area contributed by atoms with E-state index in [1.165, 1.54) is 5.56 Å². The van der Waals surface area contributed by atoms with E-state index in [1.54, 1.807) is 6.07 Å². The summed E-state index contributed by atoms with van der Waals surface area (Å²) in [6, 6.07) is 15.6. The van der Waals surface area contributed by atoms with Crippen LogP contribution in [0.15, 0.2) is 48.5 Å². The topological polar surface area (TPSA) is 72.4 Å². The number of benzene rings is 2. The average Bonchev–Trinajstić information content (AvgIpc) is 2.92. The Labute approximate surface area is 130 Å². The third-order valence-electron chi connectivity index (χ3n) is 4.37. The van der Waals surface area contributed by atoms with E-state index in [-0.39, 0.29) is 17.9 Å². The zero-order chi connectivity index (χ0) is 15.7. The van der Waals surface area contributed by atoms with Crippen LogP contribution in [0.3, 0.4) is 0 Å². The van der Waals surface area contributed by atoms with Crippen molar-refractivity contribution in [3.05, 3.63) is 65.2 Å². The maximum atomic E-state index is 12.8. The molecule has 2 atom stereocenters. The second-order valence-electron chi connectivity index (χ2n) is 5.97. The molecule has 1 heterocycles. The Morgan fingerprint density at radius 1 is 1.14 bits per heavy atom. The number of carbonyl (C=O) groups excluding carboxylic acids is 1. The van der Waals surface area contributed by atoms with E-state index >= 15 is 0 Å². The second-order valence-corrected chi connectivity index (χ2v) is 5.97. The van der Waals surface area contributed by atoms with Gasteiger partial charge < -0.3 is 16.4 Å². The third-order valence-corrected chi connectivity index (χ3v) is 4.37. The molecule has 0 aliphatic carbocycles. The smallest absolute Gasteiger partial charge is 0.254 e. The van der Waals surface area contributed by atoms with Crippen LogP contribution in [0.4, 0.5) is 5.69 Å². The zero-order valence-electron chi connectivity index (χ0n) is 12.7. The number of nitrogens with zero attached hydrogens (tertiary/aromatic N) is 1. The van der Waals surface area contributed by atoms with Gasteiger partial charge in [0.15, 0.2) is 0 Å². The molecular weight excluding hydrogens is 274 g/mol. The summed E-state index contributed by atoms with van der Waals surface area (Å²) < 4.78 is 0. The monoisotopic (exact) mass is 295 g/mol. The van der Waals surface area contributed by atoms with Gasteiger partial charge in [-0.1, -0.05) is 36.4 Å². The van der Waals surface area contributed by atoms with Crippen LogP contribution >= 0.6 is 0 Å². The minimum absolute atomic E-state index is 0.0127. The summed E-state index contributed by atoms with van der Waals surface area (Å²) in [6.45, 7) is 3.15. The highest BCUT2D eigenvalue weighted by Gasteiger charge is 2.34. The first-order chi connectivity index (χ1) is 10.6. The Kier molecular flexibility index (Phi) is 3.86. The molecule has 0 aromatic heterocycles. The van der Waals surface area contributed by atoms with Crippen molar-refractivity contribution in [3.8, 4) is 0 Å². The molecule has 1 amide bonds. The van der Waals surface area contributed by atoms with Gasteiger partial charge in [-0.15, -0.1) is 0 Å². The van der Waals surface area contributed by atoms with Crippen LogP contribution < -0.4 is 11.5 Å². The first-order valence-corrected chi connectivity index (χ1v) is 7.52. The molecule has 0 spiro atoms. The van der Waals surface area contributed by atoms with Crippen LogP contribution in [-0.2, 0) is 0 Å². The lowest BCUT2D eigenvalue weighted by atomic mass is 9.95. The van der Waals surface area contributed by atoms with Crippen molar-refractivity contribution in [2.75, 3.05) is 18.8 Å². The van der Waals surface area contributed by atoms with Crippen LogP contribution in [-0.4, -0.2) is 29.9 Å². The molecule has 3 rings (SSSR count). The van der Waals surface area contributed by atoms with Crippen molar-refractivity contribution in [3.63, 3.8) is 0 Å². The molecule has 1 aliphatic rings. The minimum Gasteiger partial charge on any atom is -0.399 e. The Hall–Kier alpha value is -2.33. The third kappa shape index (κ3) is 2.70. The lowest BCUT2D eigenvalue weighted by molar-refractivity contribution is 0.0788. The molecule has 4 N–H and O–H groups in total. The summed E-state index contributed by atoms with van der Waals surface area (Å²) in [4.78, 5) is 14.6. The molecule has 0 unspecified atom stereocenters. The molecule has 114 valence electrons. The number of anilines is 1. The number of amides is 1. The lowest BCUT2D eigenvalue weighted by Crippen LogP contribution is -2.32. The fraction of sp³-hybridized carbons (Fsp3) is 0.278. The maximum absolute atomic E-state index is 12.8. The molecule has 2 aromatic rings. The number of carbonyl (C=O) groups is 1. The lowest BCUT2D eigenvalue weighted by Gasteiger charge is -2.18. The van der Waals surface area contributed by atoms with Crippen LogP contribution in [0.2, 0.25) is 0 Å². The van der Waals surface area contributed by atoms with Gasteiger partial charge in [0.2, 0.25) is 0 Å². The molecule has 0 saturated carbocycles. The van der Waals surface area contributed by atoms with Crippen LogP contribution in [0.25, 0.3) is 0 Å². The molecule has 4 heteroatoms. The van der Waals surface area contributed by atoms with Crippen LogP contribution in [0, 0.1) is 6.92 Å². The normalized spacial score (nSPS) is 21.1. The highest BCUT2D eigenvalue weighted by molar-refractivity contribution is 5.96. The van der Waals surface area contributed by atoms with Crippen molar-refractivity contribution in [1.29, 1.82) is 0 Å². The number of nitrogens with two attached hydrogens (primary N) is 2. The van der Waals surface area contributed by atoms with E-state index in [4.69, 9.17) is 11.5 Å². The standard InChI is InChI=1S/C18H21N3O/c1-12-7-8-14(19)9-15(12)18(22)21-10-16(17(20)11-21)13-5-3-2-4-6-13/h2-9,16-17H,10-11,19-20H2,1H3/t16-,17+/m0/s1. The summed E-state index contributed by atoms with van der Waals surface area (Å²) in [7, 11) is 0. The minimum atomic E-state index is -0.0345. The molecule has 22 heavy (non-hydrogen) atoms. The molecule has 2 aromatic carbocycles. The number of hydrogen-bond donors (Lipinski definition) is 2. The van der Waals surface area contributed by atoms with Crippen molar-refractivity contribution in [1.82, 2.24) is 4.90 Å². The fourth-order valence-electron chi connectivity index (χ4n) is 3.09. The zero-order valence-corrected chi connectivity index (χ0v) is 12.7. The molecule has 1 fully saturated rings. The van der Waals surface area contributed by atoms with E-state index in [9.17, 15) is 4.79 Å². The Balaban J connectivity index is 1.82. The summed E-state index contributed by atoms with van der Waals surface area (Å²) in [5.74, 6) is 0.199. The Morgan fingerprint density at radius 3 is 2.59 bits per heavy atom. The van der Waals surface area contributed by atoms with E-state index in [2.05, 4.69) is 12.1 Å². The summed E-state index contributed by atoms with van der Waals surface area (Å²) in [6.07, 6.45) is 0. The molecule has 0 bridgehead atoms. The van der Waals surface area contributed by atoms with Crippen LogP contribution in [0.1, 0.15) is 27.4 Å². The number of aryl methyl sites for hydroxylation is 1. The SMILES string of the molecule is Cc1ccc(N)cc1C(=O)N1C[C@@H](N)[C@H](c2ccccc2)C1. The van der Waals surface area contributed by atoms with E-state index in [1.807, 2.05) is 42.2 Å². The van der Waals surface area contributed by atoms with Gasteiger partial charge in [0.05, 0.1) is 0 Å². The van der Waals surface area contributed by atoms with E-state index in [0.29, 0.717) is 24.3 Å². The molecule has 0 radical (unpaired) electrons. The molecular formula is C18H21N3O. The number of rotatable bonds is 2. The van der Waals surface area contributed by atoms with Gasteiger partial charge in [-0.25, -0.2) is 0 Å². The van der Waals surface area contributed by atoms with Crippen molar-refractivity contribution in [2.45, 2.75) is 18.9 Å². The van der Waals surface area contributed by atoms with Crippen molar-refractivity contribution in [2.24, 2.45) is 5.73 Å².